The monoisotopic (exact) mass is 368 g/mol. The first-order chi connectivity index (χ1) is 12.5. The number of rotatable bonds is 3. The molecule has 2 heterocycles. The molecule has 0 saturated carbocycles. The van der Waals surface area contributed by atoms with Crippen LogP contribution in [-0.2, 0) is 24.2 Å². The lowest BCUT2D eigenvalue weighted by molar-refractivity contribution is -0.132. The van der Waals surface area contributed by atoms with Crippen molar-refractivity contribution in [3.8, 4) is 0 Å². The Morgan fingerprint density at radius 1 is 1.19 bits per heavy atom. The molecule has 1 aliphatic heterocycles. The molecule has 26 heavy (non-hydrogen) atoms. The van der Waals surface area contributed by atoms with E-state index in [2.05, 4.69) is 24.3 Å². The fourth-order valence-corrected chi connectivity index (χ4v) is 5.25. The van der Waals surface area contributed by atoms with E-state index < -0.39 is 0 Å². The zero-order valence-electron chi connectivity index (χ0n) is 15.3. The second kappa shape index (κ2) is 6.88. The van der Waals surface area contributed by atoms with Crippen molar-refractivity contribution >= 4 is 23.2 Å². The zero-order valence-corrected chi connectivity index (χ0v) is 16.1. The number of nitrogens with zero attached hydrogens (tertiary/aromatic N) is 2. The molecule has 2 amide bonds. The summed E-state index contributed by atoms with van der Waals surface area (Å²) < 4.78 is 0. The highest BCUT2D eigenvalue weighted by Crippen LogP contribution is 2.36. The molecule has 5 heteroatoms. The van der Waals surface area contributed by atoms with E-state index in [-0.39, 0.29) is 11.8 Å². The maximum absolute atomic E-state index is 12.9. The lowest BCUT2D eigenvalue weighted by Crippen LogP contribution is -2.35. The third kappa shape index (κ3) is 3.16. The summed E-state index contributed by atoms with van der Waals surface area (Å²) in [6, 6.07) is 10.5. The molecule has 136 valence electrons. The Morgan fingerprint density at radius 2 is 2.00 bits per heavy atom. The van der Waals surface area contributed by atoms with Gasteiger partial charge in [-0.3, -0.25) is 9.59 Å². The number of hydrogen-bond donors (Lipinski definition) is 0. The highest BCUT2D eigenvalue weighted by Gasteiger charge is 2.29. The van der Waals surface area contributed by atoms with Gasteiger partial charge in [0.25, 0.3) is 5.91 Å². The first kappa shape index (κ1) is 17.3. The van der Waals surface area contributed by atoms with Crippen LogP contribution in [0, 0.1) is 0 Å². The predicted octanol–water partition coefficient (Wildman–Crippen LogP) is 3.45. The van der Waals surface area contributed by atoms with E-state index in [0.29, 0.717) is 18.9 Å². The van der Waals surface area contributed by atoms with Crippen LogP contribution in [0.25, 0.3) is 0 Å². The number of benzene rings is 1. The minimum Gasteiger partial charge on any atom is -0.344 e. The van der Waals surface area contributed by atoms with E-state index in [1.165, 1.54) is 16.0 Å². The summed E-state index contributed by atoms with van der Waals surface area (Å²) >= 11 is 1.58. The molecule has 4 rings (SSSR count). The average molecular weight is 369 g/mol. The van der Waals surface area contributed by atoms with E-state index in [1.54, 1.807) is 30.3 Å². The Bertz CT molecular complexity index is 855. The van der Waals surface area contributed by atoms with E-state index in [4.69, 9.17) is 0 Å². The molecule has 0 fully saturated rings. The molecule has 1 aromatic carbocycles. The van der Waals surface area contributed by atoms with Crippen LogP contribution >= 0.6 is 11.3 Å². The van der Waals surface area contributed by atoms with Gasteiger partial charge in [-0.15, -0.1) is 11.3 Å². The second-order valence-corrected chi connectivity index (χ2v) is 8.60. The molecule has 1 aromatic heterocycles. The summed E-state index contributed by atoms with van der Waals surface area (Å²) in [4.78, 5) is 30.7. The Kier molecular flexibility index (Phi) is 4.57. The lowest BCUT2D eigenvalue weighted by Gasteiger charge is -2.28. The van der Waals surface area contributed by atoms with Gasteiger partial charge in [0.15, 0.2) is 0 Å². The molecule has 1 atom stereocenters. The Morgan fingerprint density at radius 3 is 2.81 bits per heavy atom. The van der Waals surface area contributed by atoms with Gasteiger partial charge in [0.05, 0.1) is 4.88 Å². The van der Waals surface area contributed by atoms with Crippen LogP contribution in [0.3, 0.4) is 0 Å². The third-order valence-electron chi connectivity index (χ3n) is 5.51. The van der Waals surface area contributed by atoms with E-state index in [9.17, 15) is 9.59 Å². The summed E-state index contributed by atoms with van der Waals surface area (Å²) in [5.41, 5.74) is 3.90. The summed E-state index contributed by atoms with van der Waals surface area (Å²) in [5, 5.41) is 0. The first-order valence-corrected chi connectivity index (χ1v) is 10.0. The molecule has 2 aromatic rings. The van der Waals surface area contributed by atoms with E-state index >= 15 is 0 Å². The van der Waals surface area contributed by atoms with Gasteiger partial charge in [0, 0.05) is 38.5 Å². The fourth-order valence-electron chi connectivity index (χ4n) is 4.07. The number of thiophene rings is 1. The molecule has 0 unspecified atom stereocenters. The number of carbonyl (C=O) groups is 2. The quantitative estimate of drug-likeness (QED) is 0.832. The highest BCUT2D eigenvalue weighted by molar-refractivity contribution is 7.14. The van der Waals surface area contributed by atoms with Crippen molar-refractivity contribution in [1.82, 2.24) is 9.80 Å². The highest BCUT2D eigenvalue weighted by atomic mass is 32.1. The molecule has 0 saturated heterocycles. The van der Waals surface area contributed by atoms with Gasteiger partial charge in [0.2, 0.25) is 5.91 Å². The maximum atomic E-state index is 12.9. The van der Waals surface area contributed by atoms with E-state index in [1.807, 2.05) is 11.0 Å². The van der Waals surface area contributed by atoms with E-state index in [0.717, 1.165) is 36.2 Å². The van der Waals surface area contributed by atoms with Crippen LogP contribution in [-0.4, -0.2) is 42.3 Å². The largest absolute Gasteiger partial charge is 0.344 e. The minimum atomic E-state index is 0.0461. The maximum Gasteiger partial charge on any atom is 0.263 e. The normalized spacial score (nSPS) is 18.4. The van der Waals surface area contributed by atoms with Crippen LogP contribution in [0.2, 0.25) is 0 Å². The molecule has 0 bridgehead atoms. The Balaban J connectivity index is 1.44. The molecular formula is C21H24N2O2S. The minimum absolute atomic E-state index is 0.0461. The summed E-state index contributed by atoms with van der Waals surface area (Å²) in [6.45, 7) is 1.40. The molecular weight excluding hydrogens is 344 g/mol. The number of amides is 2. The van der Waals surface area contributed by atoms with Crippen LogP contribution in [0.5, 0.6) is 0 Å². The molecule has 4 nitrogen and oxygen atoms in total. The molecule has 0 spiro atoms. The molecule has 1 aliphatic carbocycles. The molecule has 2 aliphatic rings. The number of carbonyl (C=O) groups excluding carboxylic acids is 2. The van der Waals surface area contributed by atoms with Gasteiger partial charge in [-0.25, -0.2) is 0 Å². The zero-order chi connectivity index (χ0) is 18.3. The van der Waals surface area contributed by atoms with Crippen molar-refractivity contribution in [2.75, 3.05) is 20.6 Å². The van der Waals surface area contributed by atoms with Gasteiger partial charge < -0.3 is 9.80 Å². The van der Waals surface area contributed by atoms with Crippen molar-refractivity contribution in [1.29, 1.82) is 0 Å². The van der Waals surface area contributed by atoms with Gasteiger partial charge in [0.1, 0.15) is 0 Å². The summed E-state index contributed by atoms with van der Waals surface area (Å²) in [7, 11) is 3.55. The number of aryl methyl sites for hydroxylation is 1. The molecule has 0 N–H and O–H groups in total. The lowest BCUT2D eigenvalue weighted by atomic mass is 9.96. The van der Waals surface area contributed by atoms with Crippen LogP contribution in [0.15, 0.2) is 30.3 Å². The van der Waals surface area contributed by atoms with Crippen LogP contribution in [0.4, 0.5) is 0 Å². The van der Waals surface area contributed by atoms with Gasteiger partial charge in [-0.1, -0.05) is 24.3 Å². The van der Waals surface area contributed by atoms with Crippen molar-refractivity contribution in [3.05, 3.63) is 56.8 Å². The van der Waals surface area contributed by atoms with Crippen molar-refractivity contribution < 1.29 is 9.59 Å². The fraction of sp³-hybridized carbons (Fsp3) is 0.429. The van der Waals surface area contributed by atoms with Crippen molar-refractivity contribution in [3.63, 3.8) is 0 Å². The van der Waals surface area contributed by atoms with Crippen molar-refractivity contribution in [2.45, 2.75) is 38.1 Å². The Labute approximate surface area is 158 Å². The third-order valence-corrected chi connectivity index (χ3v) is 6.74. The standard InChI is InChI=1S/C21H24N2O2S/c1-22(2)21(25)19-11-16-13-23(10-9-18(16)26-19)20(24)12-15-8-7-14-5-3-4-6-17(14)15/h3-6,11,15H,7-10,12-13H2,1-2H3/t15-/m0/s1. The van der Waals surface area contributed by atoms with Gasteiger partial charge in [-0.2, -0.15) is 0 Å². The second-order valence-electron chi connectivity index (χ2n) is 7.46. The first-order valence-electron chi connectivity index (χ1n) is 9.21. The van der Waals surface area contributed by atoms with Crippen molar-refractivity contribution in [2.24, 2.45) is 0 Å². The number of fused-ring (bicyclic) bond motifs is 2. The topological polar surface area (TPSA) is 40.6 Å². The van der Waals surface area contributed by atoms with Gasteiger partial charge >= 0.3 is 0 Å². The SMILES string of the molecule is CN(C)C(=O)c1cc2c(s1)CCN(C(=O)C[C@@H]1CCc3ccccc31)C2. The summed E-state index contributed by atoms with van der Waals surface area (Å²) in [5.74, 6) is 0.641. The van der Waals surface area contributed by atoms with Crippen LogP contribution in [0.1, 0.15) is 50.0 Å². The van der Waals surface area contributed by atoms with Gasteiger partial charge in [-0.05, 0) is 47.9 Å². The average Bonchev–Trinajstić information content (AvgIpc) is 3.24. The molecule has 0 radical (unpaired) electrons. The smallest absolute Gasteiger partial charge is 0.263 e. The number of hydrogen-bond acceptors (Lipinski definition) is 3. The van der Waals surface area contributed by atoms with Crippen LogP contribution < -0.4 is 0 Å². The Hall–Kier alpha value is -2.14. The predicted molar refractivity (Wildman–Crippen MR) is 104 cm³/mol. The summed E-state index contributed by atoms with van der Waals surface area (Å²) in [6.07, 6.45) is 3.61.